The molecule has 0 aromatic heterocycles. The quantitative estimate of drug-likeness (QED) is 0.605. The van der Waals surface area contributed by atoms with E-state index in [1.165, 1.54) is 24.0 Å². The number of aryl methyl sites for hydroxylation is 1. The molecule has 1 aromatic rings. The third-order valence-corrected chi connectivity index (χ3v) is 2.71. The van der Waals surface area contributed by atoms with E-state index >= 15 is 0 Å². The summed E-state index contributed by atoms with van der Waals surface area (Å²) in [6, 6.07) is 8.89. The smallest absolute Gasteiger partial charge is 0.00745 e. The van der Waals surface area contributed by atoms with Gasteiger partial charge in [0.05, 0.1) is 0 Å². The highest BCUT2D eigenvalue weighted by atomic mass is 14.4. The molecule has 1 aliphatic carbocycles. The van der Waals surface area contributed by atoms with Gasteiger partial charge in [-0.05, 0) is 30.7 Å². The van der Waals surface area contributed by atoms with Crippen molar-refractivity contribution in [2.24, 2.45) is 0 Å². The van der Waals surface area contributed by atoms with E-state index in [4.69, 9.17) is 0 Å². The second-order valence-electron chi connectivity index (χ2n) is 3.93. The summed E-state index contributed by atoms with van der Waals surface area (Å²) in [5.41, 5.74) is 3.44. The fourth-order valence-corrected chi connectivity index (χ4v) is 1.50. The van der Waals surface area contributed by atoms with Gasteiger partial charge in [0.25, 0.3) is 0 Å². The van der Waals surface area contributed by atoms with Gasteiger partial charge in [-0.3, -0.25) is 0 Å². The highest BCUT2D eigenvalue weighted by Crippen LogP contribution is 2.47. The lowest BCUT2D eigenvalue weighted by atomic mass is 9.97. The summed E-state index contributed by atoms with van der Waals surface area (Å²) in [4.78, 5) is 0. The molecule has 0 aliphatic heterocycles. The van der Waals surface area contributed by atoms with Crippen molar-refractivity contribution in [3.8, 4) is 0 Å². The molecule has 1 fully saturated rings. The van der Waals surface area contributed by atoms with Crippen LogP contribution in [0.25, 0.3) is 0 Å². The zero-order chi connectivity index (χ0) is 9.90. The first-order chi connectivity index (χ1) is 6.21. The Labute approximate surface area is 82.0 Å². The summed E-state index contributed by atoms with van der Waals surface area (Å²) in [5.74, 6) is 0. The molecular weight excluding hydrogens is 156 g/mol. The summed E-state index contributed by atoms with van der Waals surface area (Å²) in [6.45, 7) is 8.51. The minimum absolute atomic E-state index is 0.534. The molecule has 0 heterocycles. The van der Waals surface area contributed by atoms with Crippen LogP contribution >= 0.6 is 0 Å². The van der Waals surface area contributed by atoms with Gasteiger partial charge in [-0.2, -0.15) is 0 Å². The van der Waals surface area contributed by atoms with Gasteiger partial charge < -0.3 is 0 Å². The summed E-state index contributed by atoms with van der Waals surface area (Å²) in [5, 5.41) is 0. The molecular formula is C13H20. The van der Waals surface area contributed by atoms with E-state index in [2.05, 4.69) is 38.1 Å². The van der Waals surface area contributed by atoms with E-state index in [0.29, 0.717) is 5.41 Å². The molecule has 0 N–H and O–H groups in total. The van der Waals surface area contributed by atoms with Crippen molar-refractivity contribution in [1.82, 2.24) is 0 Å². The molecule has 0 amide bonds. The molecule has 1 aliphatic rings. The highest BCUT2D eigenvalue weighted by Gasteiger charge is 2.38. The first-order valence-electron chi connectivity index (χ1n) is 5.28. The number of rotatable bonds is 1. The average Bonchev–Trinajstić information content (AvgIpc) is 2.89. The van der Waals surface area contributed by atoms with E-state index in [0.717, 1.165) is 0 Å². The fraction of sp³-hybridized carbons (Fsp3) is 0.538. The van der Waals surface area contributed by atoms with E-state index < -0.39 is 0 Å². The maximum Gasteiger partial charge on any atom is -0.00745 e. The van der Waals surface area contributed by atoms with Crippen LogP contribution in [-0.4, -0.2) is 0 Å². The molecule has 0 unspecified atom stereocenters. The first kappa shape index (κ1) is 10.3. The standard InChI is InChI=1S/C11H14.C2H6/c1-9-4-3-5-10(8-9)11(2)6-7-11;1-2/h3-5,8H,6-7H2,1-2H3;1-2H3. The van der Waals surface area contributed by atoms with E-state index in [1.54, 1.807) is 0 Å². The van der Waals surface area contributed by atoms with Crippen LogP contribution in [0.3, 0.4) is 0 Å². The Morgan fingerprint density at radius 2 is 1.77 bits per heavy atom. The molecule has 1 aromatic carbocycles. The van der Waals surface area contributed by atoms with Crippen molar-refractivity contribution in [1.29, 1.82) is 0 Å². The second kappa shape index (κ2) is 3.95. The molecule has 0 bridgehead atoms. The Morgan fingerprint density at radius 3 is 2.23 bits per heavy atom. The van der Waals surface area contributed by atoms with Crippen LogP contribution in [0.4, 0.5) is 0 Å². The molecule has 0 radical (unpaired) electrons. The van der Waals surface area contributed by atoms with Crippen molar-refractivity contribution in [2.75, 3.05) is 0 Å². The molecule has 0 saturated heterocycles. The van der Waals surface area contributed by atoms with Crippen LogP contribution in [0, 0.1) is 6.92 Å². The molecule has 2 rings (SSSR count). The topological polar surface area (TPSA) is 0 Å². The Morgan fingerprint density at radius 1 is 1.15 bits per heavy atom. The Bertz CT molecular complexity index is 269. The molecule has 0 atom stereocenters. The van der Waals surface area contributed by atoms with Gasteiger partial charge >= 0.3 is 0 Å². The Kier molecular flexibility index (Phi) is 3.13. The summed E-state index contributed by atoms with van der Waals surface area (Å²) >= 11 is 0. The van der Waals surface area contributed by atoms with E-state index in [9.17, 15) is 0 Å². The lowest BCUT2D eigenvalue weighted by Gasteiger charge is -2.08. The second-order valence-corrected chi connectivity index (χ2v) is 3.93. The fourth-order valence-electron chi connectivity index (χ4n) is 1.50. The van der Waals surface area contributed by atoms with Crippen LogP contribution in [0.1, 0.15) is 44.7 Å². The molecule has 1 saturated carbocycles. The summed E-state index contributed by atoms with van der Waals surface area (Å²) in [6.07, 6.45) is 2.74. The van der Waals surface area contributed by atoms with E-state index in [1.807, 2.05) is 13.8 Å². The maximum atomic E-state index is 2.35. The molecule has 13 heavy (non-hydrogen) atoms. The predicted octanol–water partition coefficient (Wildman–Crippen LogP) is 4.07. The van der Waals surface area contributed by atoms with Crippen molar-refractivity contribution in [3.05, 3.63) is 35.4 Å². The Balaban J connectivity index is 0.000000396. The van der Waals surface area contributed by atoms with Crippen LogP contribution < -0.4 is 0 Å². The zero-order valence-electron chi connectivity index (χ0n) is 9.22. The molecule has 0 heteroatoms. The van der Waals surface area contributed by atoms with Gasteiger partial charge in [-0.15, -0.1) is 0 Å². The van der Waals surface area contributed by atoms with Crippen LogP contribution in [-0.2, 0) is 5.41 Å². The number of hydrogen-bond donors (Lipinski definition) is 0. The summed E-state index contributed by atoms with van der Waals surface area (Å²) in [7, 11) is 0. The number of benzene rings is 1. The van der Waals surface area contributed by atoms with Crippen molar-refractivity contribution in [2.45, 2.75) is 46.0 Å². The molecule has 0 spiro atoms. The van der Waals surface area contributed by atoms with Crippen LogP contribution in [0.2, 0.25) is 0 Å². The predicted molar refractivity (Wildman–Crippen MR) is 59.1 cm³/mol. The first-order valence-corrected chi connectivity index (χ1v) is 5.28. The van der Waals surface area contributed by atoms with Crippen molar-refractivity contribution >= 4 is 0 Å². The molecule has 0 nitrogen and oxygen atoms in total. The monoisotopic (exact) mass is 176 g/mol. The average molecular weight is 176 g/mol. The largest absolute Gasteiger partial charge is 0.0683 e. The SMILES string of the molecule is CC.Cc1cccc(C2(C)CC2)c1. The third-order valence-electron chi connectivity index (χ3n) is 2.71. The van der Waals surface area contributed by atoms with Gasteiger partial charge in [0.1, 0.15) is 0 Å². The van der Waals surface area contributed by atoms with Crippen LogP contribution in [0.5, 0.6) is 0 Å². The van der Waals surface area contributed by atoms with E-state index in [-0.39, 0.29) is 0 Å². The van der Waals surface area contributed by atoms with Gasteiger partial charge in [0, 0.05) is 0 Å². The minimum Gasteiger partial charge on any atom is -0.0683 e. The van der Waals surface area contributed by atoms with Crippen molar-refractivity contribution < 1.29 is 0 Å². The Hall–Kier alpha value is -0.780. The zero-order valence-corrected chi connectivity index (χ0v) is 9.22. The summed E-state index contributed by atoms with van der Waals surface area (Å²) < 4.78 is 0. The molecule has 72 valence electrons. The highest BCUT2D eigenvalue weighted by molar-refractivity contribution is 5.32. The minimum atomic E-state index is 0.534. The lowest BCUT2D eigenvalue weighted by molar-refractivity contribution is 0.786. The third kappa shape index (κ3) is 2.33. The van der Waals surface area contributed by atoms with Gasteiger partial charge in [-0.1, -0.05) is 50.6 Å². The van der Waals surface area contributed by atoms with Gasteiger partial charge in [0.2, 0.25) is 0 Å². The normalized spacial score (nSPS) is 17.2. The van der Waals surface area contributed by atoms with Gasteiger partial charge in [-0.25, -0.2) is 0 Å². The van der Waals surface area contributed by atoms with Crippen molar-refractivity contribution in [3.63, 3.8) is 0 Å². The number of hydrogen-bond acceptors (Lipinski definition) is 0. The van der Waals surface area contributed by atoms with Gasteiger partial charge in [0.15, 0.2) is 0 Å². The lowest BCUT2D eigenvalue weighted by Crippen LogP contribution is -1.98. The maximum absolute atomic E-state index is 2.35. The van der Waals surface area contributed by atoms with Crippen LogP contribution in [0.15, 0.2) is 24.3 Å².